The summed E-state index contributed by atoms with van der Waals surface area (Å²) in [6, 6.07) is 5.33. The first-order valence-corrected chi connectivity index (χ1v) is 8.56. The molecule has 0 spiro atoms. The standard InChI is InChI=1S/C18H17BrN2O4/c1-8-3-12(22)16-13(4-8)25-18(21)10(7-20)15(16)9-5-11(19)17(23)14(6-9)24-2/h5-6,8,15,23H,3-4,21H2,1-2H3/t8-,15+/m1/s1. The van der Waals surface area contributed by atoms with Crippen LogP contribution in [0.5, 0.6) is 11.5 Å². The summed E-state index contributed by atoms with van der Waals surface area (Å²) < 4.78 is 11.2. The summed E-state index contributed by atoms with van der Waals surface area (Å²) in [5, 5.41) is 19.6. The molecule has 0 radical (unpaired) electrons. The van der Waals surface area contributed by atoms with E-state index in [0.717, 1.165) is 0 Å². The lowest BCUT2D eigenvalue weighted by molar-refractivity contribution is -0.117. The number of hydrogen-bond donors (Lipinski definition) is 2. The fourth-order valence-electron chi connectivity index (χ4n) is 3.34. The third kappa shape index (κ3) is 2.87. The second kappa shape index (κ2) is 6.45. The van der Waals surface area contributed by atoms with Gasteiger partial charge in [0.15, 0.2) is 17.3 Å². The molecule has 1 aliphatic heterocycles. The Bertz CT molecular complexity index is 867. The zero-order valence-corrected chi connectivity index (χ0v) is 15.4. The van der Waals surface area contributed by atoms with Gasteiger partial charge in [-0.25, -0.2) is 0 Å². The van der Waals surface area contributed by atoms with E-state index in [1.807, 2.05) is 6.92 Å². The van der Waals surface area contributed by atoms with Crippen molar-refractivity contribution >= 4 is 21.7 Å². The zero-order valence-electron chi connectivity index (χ0n) is 13.8. The molecule has 1 aliphatic carbocycles. The van der Waals surface area contributed by atoms with Crippen molar-refractivity contribution in [3.63, 3.8) is 0 Å². The number of carbonyl (C=O) groups is 1. The fourth-order valence-corrected chi connectivity index (χ4v) is 3.80. The Kier molecular flexibility index (Phi) is 4.48. The lowest BCUT2D eigenvalue weighted by Gasteiger charge is -2.33. The number of ketones is 1. The number of allylic oxidation sites excluding steroid dienone is 3. The summed E-state index contributed by atoms with van der Waals surface area (Å²) in [6.07, 6.45) is 0.987. The number of nitrogens with two attached hydrogens (primary N) is 1. The quantitative estimate of drug-likeness (QED) is 0.783. The Morgan fingerprint density at radius 2 is 2.16 bits per heavy atom. The molecule has 3 rings (SSSR count). The molecule has 25 heavy (non-hydrogen) atoms. The van der Waals surface area contributed by atoms with Gasteiger partial charge in [0, 0.05) is 18.4 Å². The summed E-state index contributed by atoms with van der Waals surface area (Å²) in [6.45, 7) is 1.97. The second-order valence-corrected chi connectivity index (χ2v) is 7.11. The molecule has 0 aromatic heterocycles. The van der Waals surface area contributed by atoms with Crippen molar-refractivity contribution < 1.29 is 19.4 Å². The van der Waals surface area contributed by atoms with Gasteiger partial charge in [0.1, 0.15) is 17.4 Å². The molecule has 0 unspecified atom stereocenters. The average molecular weight is 405 g/mol. The number of rotatable bonds is 2. The van der Waals surface area contributed by atoms with E-state index >= 15 is 0 Å². The molecule has 1 aromatic carbocycles. The maximum atomic E-state index is 12.7. The Labute approximate surface area is 153 Å². The normalized spacial score (nSPS) is 23.0. The van der Waals surface area contributed by atoms with E-state index in [9.17, 15) is 15.2 Å². The molecule has 130 valence electrons. The van der Waals surface area contributed by atoms with Crippen LogP contribution in [0, 0.1) is 17.2 Å². The molecular weight excluding hydrogens is 388 g/mol. The summed E-state index contributed by atoms with van der Waals surface area (Å²) in [5.41, 5.74) is 7.22. The highest BCUT2D eigenvalue weighted by atomic mass is 79.9. The van der Waals surface area contributed by atoms with Crippen molar-refractivity contribution in [2.45, 2.75) is 25.7 Å². The van der Waals surface area contributed by atoms with Gasteiger partial charge in [0.05, 0.1) is 17.5 Å². The number of methoxy groups -OCH3 is 1. The van der Waals surface area contributed by atoms with E-state index in [0.29, 0.717) is 34.2 Å². The molecule has 0 fully saturated rings. The first kappa shape index (κ1) is 17.4. The van der Waals surface area contributed by atoms with E-state index in [2.05, 4.69) is 22.0 Å². The van der Waals surface area contributed by atoms with Gasteiger partial charge in [-0.2, -0.15) is 5.26 Å². The first-order chi connectivity index (χ1) is 11.9. The fraction of sp³-hybridized carbons (Fsp3) is 0.333. The number of hydrogen-bond acceptors (Lipinski definition) is 6. The number of ether oxygens (including phenoxy) is 2. The number of Topliss-reactive ketones (excluding diaryl/α,β-unsaturated/α-hetero) is 1. The van der Waals surface area contributed by atoms with E-state index in [1.165, 1.54) is 7.11 Å². The Balaban J connectivity index is 2.23. The van der Waals surface area contributed by atoms with Crippen molar-refractivity contribution in [2.24, 2.45) is 11.7 Å². The number of nitrogens with zero attached hydrogens (tertiary/aromatic N) is 1. The van der Waals surface area contributed by atoms with Crippen LogP contribution in [0.25, 0.3) is 0 Å². The van der Waals surface area contributed by atoms with Crippen LogP contribution >= 0.6 is 15.9 Å². The maximum absolute atomic E-state index is 12.7. The highest BCUT2D eigenvalue weighted by molar-refractivity contribution is 9.10. The molecule has 0 saturated carbocycles. The smallest absolute Gasteiger partial charge is 0.205 e. The monoisotopic (exact) mass is 404 g/mol. The van der Waals surface area contributed by atoms with Crippen LogP contribution in [0.4, 0.5) is 0 Å². The predicted octanol–water partition coefficient (Wildman–Crippen LogP) is 3.22. The summed E-state index contributed by atoms with van der Waals surface area (Å²) in [7, 11) is 1.43. The van der Waals surface area contributed by atoms with Crippen molar-refractivity contribution in [2.75, 3.05) is 7.11 Å². The number of nitriles is 1. The lowest BCUT2D eigenvalue weighted by Crippen LogP contribution is -2.29. The number of carbonyl (C=O) groups excluding carboxylic acids is 1. The second-order valence-electron chi connectivity index (χ2n) is 6.25. The van der Waals surface area contributed by atoms with Gasteiger partial charge >= 0.3 is 0 Å². The number of phenolic OH excluding ortho intramolecular Hbond substituents is 1. The molecule has 3 N–H and O–H groups in total. The van der Waals surface area contributed by atoms with Gasteiger partial charge in [-0.1, -0.05) is 6.92 Å². The Morgan fingerprint density at radius 1 is 1.44 bits per heavy atom. The average Bonchev–Trinajstić information content (AvgIpc) is 2.55. The topological polar surface area (TPSA) is 106 Å². The van der Waals surface area contributed by atoms with E-state index < -0.39 is 5.92 Å². The number of aromatic hydroxyl groups is 1. The minimum Gasteiger partial charge on any atom is -0.503 e. The van der Waals surface area contributed by atoms with E-state index in [-0.39, 0.29) is 34.7 Å². The number of halogens is 1. The maximum Gasteiger partial charge on any atom is 0.205 e. The molecule has 1 heterocycles. The predicted molar refractivity (Wildman–Crippen MR) is 93.4 cm³/mol. The summed E-state index contributed by atoms with van der Waals surface area (Å²) in [4.78, 5) is 12.7. The lowest BCUT2D eigenvalue weighted by atomic mass is 9.75. The molecule has 2 atom stereocenters. The van der Waals surface area contributed by atoms with Gasteiger partial charge in [0.2, 0.25) is 5.88 Å². The molecule has 0 saturated heterocycles. The van der Waals surface area contributed by atoms with Crippen LogP contribution in [0.15, 0.2) is 39.4 Å². The molecule has 6 nitrogen and oxygen atoms in total. The molecule has 7 heteroatoms. The number of phenols is 1. The van der Waals surface area contributed by atoms with Gasteiger partial charge in [0.25, 0.3) is 0 Å². The van der Waals surface area contributed by atoms with Crippen LogP contribution in [0.2, 0.25) is 0 Å². The highest BCUT2D eigenvalue weighted by Crippen LogP contribution is 2.47. The minimum atomic E-state index is -0.639. The van der Waals surface area contributed by atoms with Crippen molar-refractivity contribution in [1.82, 2.24) is 0 Å². The van der Waals surface area contributed by atoms with Gasteiger partial charge < -0.3 is 20.3 Å². The molecule has 1 aromatic rings. The largest absolute Gasteiger partial charge is 0.503 e. The van der Waals surface area contributed by atoms with Crippen LogP contribution in [-0.2, 0) is 9.53 Å². The van der Waals surface area contributed by atoms with E-state index in [1.54, 1.807) is 12.1 Å². The molecular formula is C18H17BrN2O4. The van der Waals surface area contributed by atoms with Gasteiger partial charge in [-0.3, -0.25) is 4.79 Å². The Hall–Kier alpha value is -2.46. The SMILES string of the molecule is COc1cc([C@H]2C(C#N)=C(N)OC3=C2C(=O)C[C@@H](C)C3)cc(Br)c1O. The van der Waals surface area contributed by atoms with Gasteiger partial charge in [-0.05, 0) is 39.5 Å². The van der Waals surface area contributed by atoms with Gasteiger partial charge in [-0.15, -0.1) is 0 Å². The van der Waals surface area contributed by atoms with Crippen molar-refractivity contribution in [1.29, 1.82) is 5.26 Å². The minimum absolute atomic E-state index is 0.0105. The van der Waals surface area contributed by atoms with Crippen LogP contribution in [-0.4, -0.2) is 18.0 Å². The van der Waals surface area contributed by atoms with Crippen LogP contribution in [0.3, 0.4) is 0 Å². The first-order valence-electron chi connectivity index (χ1n) is 7.77. The third-order valence-electron chi connectivity index (χ3n) is 4.47. The molecule has 0 amide bonds. The summed E-state index contributed by atoms with van der Waals surface area (Å²) in [5.74, 6) is 0.188. The molecule has 2 aliphatic rings. The van der Waals surface area contributed by atoms with Crippen LogP contribution in [0.1, 0.15) is 31.2 Å². The van der Waals surface area contributed by atoms with Crippen molar-refractivity contribution in [3.05, 3.63) is 45.0 Å². The number of benzene rings is 1. The van der Waals surface area contributed by atoms with Crippen molar-refractivity contribution in [3.8, 4) is 17.6 Å². The van der Waals surface area contributed by atoms with E-state index in [4.69, 9.17) is 15.2 Å². The summed E-state index contributed by atoms with van der Waals surface area (Å²) >= 11 is 3.28. The molecule has 0 bridgehead atoms. The third-order valence-corrected chi connectivity index (χ3v) is 5.07. The van der Waals surface area contributed by atoms with Crippen LogP contribution < -0.4 is 10.5 Å². The zero-order chi connectivity index (χ0) is 18.3. The highest BCUT2D eigenvalue weighted by Gasteiger charge is 2.40. The Morgan fingerprint density at radius 3 is 2.80 bits per heavy atom.